The first-order valence-electron chi connectivity index (χ1n) is 3.36. The van der Waals surface area contributed by atoms with Crippen LogP contribution in [0.15, 0.2) is 12.1 Å². The number of benzene rings is 1. The molecule has 2 nitrogen and oxygen atoms in total. The van der Waals surface area contributed by atoms with Crippen molar-refractivity contribution < 1.29 is 9.90 Å². The smallest absolute Gasteiger partial charge is 0.307 e. The molecule has 0 unspecified atom stereocenters. The van der Waals surface area contributed by atoms with Crippen LogP contribution in [-0.2, 0) is 11.2 Å². The zero-order valence-corrected chi connectivity index (χ0v) is 12.8. The van der Waals surface area contributed by atoms with Crippen LogP contribution in [0.2, 0.25) is 0 Å². The van der Waals surface area contributed by atoms with Crippen molar-refractivity contribution in [2.75, 3.05) is 0 Å². The number of halogens is 3. The Morgan fingerprint density at radius 1 is 1.31 bits per heavy atom. The predicted octanol–water partition coefficient (Wildman–Crippen LogP) is 3.13. The Morgan fingerprint density at radius 2 is 1.92 bits per heavy atom. The van der Waals surface area contributed by atoms with E-state index in [0.29, 0.717) is 0 Å². The number of hydrogen-bond donors (Lipinski definition) is 1. The van der Waals surface area contributed by atoms with Crippen molar-refractivity contribution >= 4 is 73.7 Å². The molecule has 0 aliphatic rings. The molecular formula is C8H5I3O2. The van der Waals surface area contributed by atoms with Crippen molar-refractivity contribution in [1.82, 2.24) is 0 Å². The molecule has 0 spiro atoms. The number of aliphatic carboxylic acids is 1. The summed E-state index contributed by atoms with van der Waals surface area (Å²) in [5, 5.41) is 8.66. The molecule has 0 bridgehead atoms. The average molecular weight is 514 g/mol. The zero-order valence-electron chi connectivity index (χ0n) is 6.35. The van der Waals surface area contributed by atoms with Gasteiger partial charge in [-0.1, -0.05) is 0 Å². The summed E-state index contributed by atoms with van der Waals surface area (Å²) < 4.78 is 3.24. The van der Waals surface area contributed by atoms with E-state index in [4.69, 9.17) is 5.11 Å². The summed E-state index contributed by atoms with van der Waals surface area (Å²) in [5.74, 6) is -0.782. The molecule has 1 aromatic carbocycles. The molecule has 0 amide bonds. The fraction of sp³-hybridized carbons (Fsp3) is 0.125. The summed E-state index contributed by atoms with van der Waals surface area (Å²) in [7, 11) is 0. The summed E-state index contributed by atoms with van der Waals surface area (Å²) in [5.41, 5.74) is 0.893. The van der Waals surface area contributed by atoms with E-state index in [2.05, 4.69) is 67.8 Å². The van der Waals surface area contributed by atoms with Crippen LogP contribution in [0.25, 0.3) is 0 Å². The van der Waals surface area contributed by atoms with Crippen molar-refractivity contribution in [2.24, 2.45) is 0 Å². The Morgan fingerprint density at radius 3 is 2.46 bits per heavy atom. The maximum absolute atomic E-state index is 10.5. The maximum Gasteiger partial charge on any atom is 0.307 e. The van der Waals surface area contributed by atoms with Gasteiger partial charge in [0.15, 0.2) is 0 Å². The first-order valence-corrected chi connectivity index (χ1v) is 6.59. The highest BCUT2D eigenvalue weighted by molar-refractivity contribution is 14.1. The number of hydrogen-bond acceptors (Lipinski definition) is 1. The highest BCUT2D eigenvalue weighted by Crippen LogP contribution is 2.23. The molecule has 1 N–H and O–H groups in total. The molecule has 70 valence electrons. The third-order valence-electron chi connectivity index (χ3n) is 1.41. The van der Waals surface area contributed by atoms with Gasteiger partial charge in [0.1, 0.15) is 0 Å². The molecule has 0 atom stereocenters. The lowest BCUT2D eigenvalue weighted by molar-refractivity contribution is -0.136. The van der Waals surface area contributed by atoms with Crippen LogP contribution >= 0.6 is 67.8 Å². The molecule has 0 aromatic heterocycles. The molecule has 0 saturated carbocycles. The van der Waals surface area contributed by atoms with E-state index in [9.17, 15) is 4.79 Å². The van der Waals surface area contributed by atoms with Gasteiger partial charge in [-0.15, -0.1) is 0 Å². The molecule has 13 heavy (non-hydrogen) atoms. The third-order valence-corrected chi connectivity index (χ3v) is 5.19. The molecule has 5 heteroatoms. The quantitative estimate of drug-likeness (QED) is 0.487. The lowest BCUT2D eigenvalue weighted by Crippen LogP contribution is -2.03. The van der Waals surface area contributed by atoms with Crippen LogP contribution < -0.4 is 0 Å². The van der Waals surface area contributed by atoms with E-state index in [1.165, 1.54) is 0 Å². The lowest BCUT2D eigenvalue weighted by atomic mass is 10.2. The average Bonchev–Trinajstić information content (AvgIpc) is 1.98. The summed E-state index contributed by atoms with van der Waals surface area (Å²) in [6, 6.07) is 3.95. The Balaban J connectivity index is 3.12. The van der Waals surface area contributed by atoms with E-state index in [-0.39, 0.29) is 6.42 Å². The van der Waals surface area contributed by atoms with Gasteiger partial charge in [-0.2, -0.15) is 0 Å². The van der Waals surface area contributed by atoms with Crippen LogP contribution in [0.1, 0.15) is 5.56 Å². The molecule has 1 rings (SSSR count). The normalized spacial score (nSPS) is 10.1. The van der Waals surface area contributed by atoms with Gasteiger partial charge < -0.3 is 5.11 Å². The van der Waals surface area contributed by atoms with E-state index in [0.717, 1.165) is 16.3 Å². The summed E-state index contributed by atoms with van der Waals surface area (Å²) in [6.07, 6.45) is 0.102. The van der Waals surface area contributed by atoms with Gasteiger partial charge in [-0.25, -0.2) is 0 Å². The molecule has 0 saturated heterocycles. The van der Waals surface area contributed by atoms with Gasteiger partial charge in [0.05, 0.1) is 6.42 Å². The standard InChI is InChI=1S/C8H5I3O2/c9-5-1-4(2-7(12)13)8(11)6(10)3-5/h1,3H,2H2,(H,12,13). The van der Waals surface area contributed by atoms with Gasteiger partial charge in [0.25, 0.3) is 0 Å². The fourth-order valence-corrected chi connectivity index (χ4v) is 3.37. The second-order valence-electron chi connectivity index (χ2n) is 2.43. The third kappa shape index (κ3) is 3.50. The number of carboxylic acids is 1. The maximum atomic E-state index is 10.5. The second-order valence-corrected chi connectivity index (χ2v) is 5.92. The zero-order chi connectivity index (χ0) is 10.0. The lowest BCUT2D eigenvalue weighted by Gasteiger charge is -2.04. The monoisotopic (exact) mass is 514 g/mol. The van der Waals surface area contributed by atoms with Gasteiger partial charge >= 0.3 is 5.97 Å². The number of carboxylic acid groups (broad SMARTS) is 1. The second kappa shape index (κ2) is 5.10. The first-order chi connectivity index (χ1) is 6.00. The van der Waals surface area contributed by atoms with E-state index in [1.807, 2.05) is 12.1 Å². The van der Waals surface area contributed by atoms with Crippen LogP contribution in [-0.4, -0.2) is 11.1 Å². The molecule has 0 fully saturated rings. The van der Waals surface area contributed by atoms with E-state index < -0.39 is 5.97 Å². The van der Waals surface area contributed by atoms with Crippen LogP contribution in [0.4, 0.5) is 0 Å². The summed E-state index contributed by atoms with van der Waals surface area (Å²) in [6.45, 7) is 0. The highest BCUT2D eigenvalue weighted by Gasteiger charge is 2.08. The largest absolute Gasteiger partial charge is 0.481 e. The molecule has 1 aromatic rings. The van der Waals surface area contributed by atoms with Crippen LogP contribution in [0, 0.1) is 10.7 Å². The van der Waals surface area contributed by atoms with Crippen molar-refractivity contribution in [2.45, 2.75) is 6.42 Å². The summed E-state index contributed by atoms with van der Waals surface area (Å²) in [4.78, 5) is 10.5. The minimum atomic E-state index is -0.782. The first kappa shape index (κ1) is 12.0. The fourth-order valence-electron chi connectivity index (χ4n) is 0.901. The van der Waals surface area contributed by atoms with Gasteiger partial charge in [0.2, 0.25) is 0 Å². The van der Waals surface area contributed by atoms with Crippen LogP contribution in [0.5, 0.6) is 0 Å². The Hall–Kier alpha value is 0.880. The Kier molecular flexibility index (Phi) is 4.69. The SMILES string of the molecule is O=C(O)Cc1cc(I)cc(I)c1I. The van der Waals surface area contributed by atoms with E-state index in [1.54, 1.807) is 0 Å². The van der Waals surface area contributed by atoms with Crippen molar-refractivity contribution in [3.63, 3.8) is 0 Å². The van der Waals surface area contributed by atoms with Gasteiger partial charge in [0, 0.05) is 10.7 Å². The molecule has 0 aliphatic carbocycles. The minimum absolute atomic E-state index is 0.102. The Bertz CT molecular complexity index is 349. The molecule has 0 heterocycles. The minimum Gasteiger partial charge on any atom is -0.481 e. The van der Waals surface area contributed by atoms with Gasteiger partial charge in [-0.3, -0.25) is 4.79 Å². The van der Waals surface area contributed by atoms with Crippen LogP contribution in [0.3, 0.4) is 0 Å². The topological polar surface area (TPSA) is 37.3 Å². The number of rotatable bonds is 2. The van der Waals surface area contributed by atoms with E-state index >= 15 is 0 Å². The molecule has 0 radical (unpaired) electrons. The van der Waals surface area contributed by atoms with Crippen molar-refractivity contribution in [3.8, 4) is 0 Å². The highest BCUT2D eigenvalue weighted by atomic mass is 127. The number of carbonyl (C=O) groups is 1. The summed E-state index contributed by atoms with van der Waals surface area (Å²) >= 11 is 6.59. The Labute approximate surface area is 117 Å². The predicted molar refractivity (Wildman–Crippen MR) is 75.9 cm³/mol. The van der Waals surface area contributed by atoms with Crippen molar-refractivity contribution in [3.05, 3.63) is 28.4 Å². The van der Waals surface area contributed by atoms with Crippen molar-refractivity contribution in [1.29, 1.82) is 0 Å². The molecule has 0 aliphatic heterocycles. The van der Waals surface area contributed by atoms with Gasteiger partial charge in [-0.05, 0) is 85.5 Å². The molecular weight excluding hydrogens is 509 g/mol.